The van der Waals surface area contributed by atoms with E-state index in [-0.39, 0.29) is 0 Å². The average molecular weight is 406 g/mol. The molecular formula is C30H18N2. The van der Waals surface area contributed by atoms with E-state index in [1.807, 2.05) is 36.7 Å². The summed E-state index contributed by atoms with van der Waals surface area (Å²) in [6.07, 6.45) is 3.71. The van der Waals surface area contributed by atoms with E-state index in [0.29, 0.717) is 0 Å². The second-order valence-corrected chi connectivity index (χ2v) is 8.28. The maximum atomic E-state index is 4.41. The Morgan fingerprint density at radius 3 is 1.03 bits per heavy atom. The highest BCUT2D eigenvalue weighted by Crippen LogP contribution is 2.34. The van der Waals surface area contributed by atoms with E-state index in [1.54, 1.807) is 0 Å². The Labute approximate surface area is 184 Å². The van der Waals surface area contributed by atoms with Crippen molar-refractivity contribution in [3.63, 3.8) is 0 Å². The predicted octanol–water partition coefficient (Wildman–Crippen LogP) is 7.96. The van der Waals surface area contributed by atoms with Gasteiger partial charge in [-0.15, -0.1) is 0 Å². The van der Waals surface area contributed by atoms with Crippen molar-refractivity contribution in [2.45, 2.75) is 0 Å². The number of pyridine rings is 2. The van der Waals surface area contributed by atoms with Gasteiger partial charge in [0.1, 0.15) is 0 Å². The summed E-state index contributed by atoms with van der Waals surface area (Å²) in [5, 5.41) is 13.1. The molecule has 0 saturated carbocycles. The quantitative estimate of drug-likeness (QED) is 0.239. The summed E-state index contributed by atoms with van der Waals surface area (Å²) in [4.78, 5) is 8.81. The lowest BCUT2D eigenvalue weighted by Crippen LogP contribution is -1.86. The van der Waals surface area contributed by atoms with Crippen molar-refractivity contribution in [3.8, 4) is 0 Å². The van der Waals surface area contributed by atoms with E-state index in [1.165, 1.54) is 53.9 Å². The van der Waals surface area contributed by atoms with E-state index in [4.69, 9.17) is 0 Å². The summed E-state index contributed by atoms with van der Waals surface area (Å²) in [6, 6.07) is 34.3. The Morgan fingerprint density at radius 2 is 0.656 bits per heavy atom. The molecule has 0 N–H and O–H groups in total. The van der Waals surface area contributed by atoms with E-state index < -0.39 is 0 Å². The first-order valence-corrected chi connectivity index (χ1v) is 10.8. The SMILES string of the molecule is c1cc2ccc3cccc4ccc(c1)c2c34.c1cc2ccc3ccnc4ccc(n1)c2c34. The van der Waals surface area contributed by atoms with Gasteiger partial charge in [-0.1, -0.05) is 72.8 Å². The minimum Gasteiger partial charge on any atom is -0.256 e. The third-order valence-electron chi connectivity index (χ3n) is 6.51. The molecule has 8 aromatic rings. The van der Waals surface area contributed by atoms with Gasteiger partial charge in [-0.05, 0) is 67.4 Å². The highest BCUT2D eigenvalue weighted by atomic mass is 14.7. The van der Waals surface area contributed by atoms with Crippen LogP contribution in [0.5, 0.6) is 0 Å². The molecule has 0 fully saturated rings. The third-order valence-corrected chi connectivity index (χ3v) is 6.51. The summed E-state index contributed by atoms with van der Waals surface area (Å²) < 4.78 is 0. The van der Waals surface area contributed by atoms with E-state index in [9.17, 15) is 0 Å². The molecule has 2 heterocycles. The van der Waals surface area contributed by atoms with E-state index in [0.717, 1.165) is 11.0 Å². The lowest BCUT2D eigenvalue weighted by molar-refractivity contribution is 1.40. The standard InChI is InChI=1S/C16H10.C14H8N2/c1-3-11-7-9-13-5-2-6-14-10-8-12(4-1)15(11)16(13)14;1-2-10-6-8-16-12-4-3-11-13(14(10)12)9(1)5-7-15-11/h1-10H;1-8H. The fourth-order valence-electron chi connectivity index (χ4n) is 5.07. The van der Waals surface area contributed by atoms with Gasteiger partial charge < -0.3 is 0 Å². The molecule has 0 aliphatic rings. The molecule has 0 bridgehead atoms. The minimum atomic E-state index is 1.05. The molecule has 2 heteroatoms. The predicted molar refractivity (Wildman–Crippen MR) is 136 cm³/mol. The van der Waals surface area contributed by atoms with Crippen molar-refractivity contribution < 1.29 is 0 Å². The summed E-state index contributed by atoms with van der Waals surface area (Å²) in [5.41, 5.74) is 2.09. The first kappa shape index (κ1) is 17.4. The van der Waals surface area contributed by atoms with Crippen molar-refractivity contribution in [3.05, 3.63) is 109 Å². The molecule has 6 aromatic carbocycles. The Kier molecular flexibility index (Phi) is 3.58. The number of aromatic nitrogens is 2. The second-order valence-electron chi connectivity index (χ2n) is 8.28. The second kappa shape index (κ2) is 6.60. The van der Waals surface area contributed by atoms with Crippen LogP contribution in [0.4, 0.5) is 0 Å². The van der Waals surface area contributed by atoms with Crippen LogP contribution < -0.4 is 0 Å². The summed E-state index contributed by atoms with van der Waals surface area (Å²) in [6.45, 7) is 0. The lowest BCUT2D eigenvalue weighted by Gasteiger charge is -2.09. The fraction of sp³-hybridized carbons (Fsp3) is 0. The maximum absolute atomic E-state index is 4.41. The third kappa shape index (κ3) is 2.47. The normalized spacial score (nSPS) is 11.8. The Morgan fingerprint density at radius 1 is 0.312 bits per heavy atom. The Balaban J connectivity index is 0.000000113. The molecule has 0 spiro atoms. The van der Waals surface area contributed by atoms with Gasteiger partial charge in [0.05, 0.1) is 11.0 Å². The van der Waals surface area contributed by atoms with Crippen LogP contribution in [0.2, 0.25) is 0 Å². The molecule has 148 valence electrons. The summed E-state index contributed by atoms with van der Waals surface area (Å²) in [5.74, 6) is 0. The van der Waals surface area contributed by atoms with Crippen LogP contribution in [0.1, 0.15) is 0 Å². The zero-order valence-electron chi connectivity index (χ0n) is 17.3. The van der Waals surface area contributed by atoms with Gasteiger partial charge in [0.2, 0.25) is 0 Å². The van der Waals surface area contributed by atoms with Crippen molar-refractivity contribution in [2.75, 3.05) is 0 Å². The van der Waals surface area contributed by atoms with Crippen LogP contribution in [0.15, 0.2) is 109 Å². The smallest absolute Gasteiger partial charge is 0.0715 e. The highest BCUT2D eigenvalue weighted by molar-refractivity contribution is 6.23. The molecule has 0 aliphatic carbocycles. The van der Waals surface area contributed by atoms with Gasteiger partial charge in [0, 0.05) is 23.2 Å². The van der Waals surface area contributed by atoms with Gasteiger partial charge in [-0.25, -0.2) is 0 Å². The van der Waals surface area contributed by atoms with Gasteiger partial charge in [0.15, 0.2) is 0 Å². The topological polar surface area (TPSA) is 25.8 Å². The zero-order valence-corrected chi connectivity index (χ0v) is 17.3. The van der Waals surface area contributed by atoms with Crippen LogP contribution in [-0.4, -0.2) is 9.97 Å². The molecule has 2 aromatic heterocycles. The molecule has 8 rings (SSSR count). The molecule has 0 atom stereocenters. The molecule has 0 unspecified atom stereocenters. The van der Waals surface area contributed by atoms with E-state index in [2.05, 4.69) is 82.8 Å². The molecule has 0 saturated heterocycles. The molecule has 0 aliphatic heterocycles. The number of rotatable bonds is 0. The summed E-state index contributed by atoms with van der Waals surface area (Å²) >= 11 is 0. The van der Waals surface area contributed by atoms with Crippen LogP contribution in [-0.2, 0) is 0 Å². The minimum absolute atomic E-state index is 1.05. The molecule has 0 amide bonds. The number of hydrogen-bond acceptors (Lipinski definition) is 2. The number of nitrogens with zero attached hydrogens (tertiary/aromatic N) is 2. The maximum Gasteiger partial charge on any atom is 0.0715 e. The first-order valence-electron chi connectivity index (χ1n) is 10.8. The monoisotopic (exact) mass is 406 g/mol. The number of hydrogen-bond donors (Lipinski definition) is 0. The van der Waals surface area contributed by atoms with Crippen molar-refractivity contribution in [1.82, 2.24) is 9.97 Å². The van der Waals surface area contributed by atoms with Crippen molar-refractivity contribution in [2.24, 2.45) is 0 Å². The lowest BCUT2D eigenvalue weighted by atomic mass is 9.95. The van der Waals surface area contributed by atoms with Gasteiger partial charge >= 0.3 is 0 Å². The van der Waals surface area contributed by atoms with Gasteiger partial charge in [-0.3, -0.25) is 9.97 Å². The van der Waals surface area contributed by atoms with E-state index >= 15 is 0 Å². The van der Waals surface area contributed by atoms with Gasteiger partial charge in [-0.2, -0.15) is 0 Å². The number of benzene rings is 6. The average Bonchev–Trinajstić information content (AvgIpc) is 2.87. The largest absolute Gasteiger partial charge is 0.256 e. The Hall–Kier alpha value is -4.30. The zero-order chi connectivity index (χ0) is 21.1. The van der Waals surface area contributed by atoms with Crippen molar-refractivity contribution >= 4 is 64.9 Å². The first-order chi connectivity index (χ1) is 15.9. The van der Waals surface area contributed by atoms with Crippen LogP contribution in [0.3, 0.4) is 0 Å². The van der Waals surface area contributed by atoms with Crippen LogP contribution in [0.25, 0.3) is 64.9 Å². The molecule has 0 radical (unpaired) electrons. The summed E-state index contributed by atoms with van der Waals surface area (Å²) in [7, 11) is 0. The van der Waals surface area contributed by atoms with Gasteiger partial charge in [0.25, 0.3) is 0 Å². The van der Waals surface area contributed by atoms with Crippen LogP contribution in [0, 0.1) is 0 Å². The van der Waals surface area contributed by atoms with Crippen molar-refractivity contribution in [1.29, 1.82) is 0 Å². The molecule has 32 heavy (non-hydrogen) atoms. The van der Waals surface area contributed by atoms with Crippen LogP contribution >= 0.6 is 0 Å². The highest BCUT2D eigenvalue weighted by Gasteiger charge is 2.08. The fourth-order valence-corrected chi connectivity index (χ4v) is 5.07. The molecule has 2 nitrogen and oxygen atoms in total. The molecular weight excluding hydrogens is 388 g/mol. The Bertz CT molecular complexity index is 1480.